The van der Waals surface area contributed by atoms with Crippen molar-refractivity contribution >= 4 is 15.7 Å². The molecule has 0 amide bonds. The summed E-state index contributed by atoms with van der Waals surface area (Å²) < 4.78 is 34.3. The highest BCUT2D eigenvalue weighted by Crippen LogP contribution is 2.54. The molecule has 232 valence electrons. The van der Waals surface area contributed by atoms with Gasteiger partial charge in [0.2, 0.25) is 0 Å². The summed E-state index contributed by atoms with van der Waals surface area (Å²) in [5, 5.41) is 15.7. The van der Waals surface area contributed by atoms with E-state index in [4.69, 9.17) is 4.74 Å². The van der Waals surface area contributed by atoms with Gasteiger partial charge in [0, 0.05) is 23.1 Å². The van der Waals surface area contributed by atoms with Crippen LogP contribution in [-0.4, -0.2) is 24.8 Å². The summed E-state index contributed by atoms with van der Waals surface area (Å²) in [6, 6.07) is 8.09. The Bertz CT molecular complexity index is 1390. The predicted octanol–water partition coefficient (Wildman–Crippen LogP) is 8.88. The van der Waals surface area contributed by atoms with Gasteiger partial charge in [-0.1, -0.05) is 73.4 Å². The monoisotopic (exact) mass is 596 g/mol. The van der Waals surface area contributed by atoms with E-state index in [9.17, 15) is 13.5 Å². The maximum Gasteiger partial charge on any atom is 0.277 e. The highest BCUT2D eigenvalue weighted by Gasteiger charge is 2.47. The quantitative estimate of drug-likeness (QED) is 0.212. The second-order valence-electron chi connectivity index (χ2n) is 13.9. The van der Waals surface area contributed by atoms with Crippen LogP contribution >= 0.6 is 0 Å². The molecule has 1 saturated carbocycles. The van der Waals surface area contributed by atoms with Gasteiger partial charge in [-0.3, -0.25) is 0 Å². The normalized spacial score (nSPS) is 21.0. The fraction of sp³-hybridized carbons (Fsp3) is 0.629. The Kier molecular flexibility index (Phi) is 9.71. The lowest BCUT2D eigenvalue weighted by Crippen LogP contribution is -2.47. The second-order valence-corrected chi connectivity index (χ2v) is 15.5. The summed E-state index contributed by atoms with van der Waals surface area (Å²) in [5.74, 6) is 1.63. The smallest absolute Gasteiger partial charge is 0.277 e. The first-order valence-electron chi connectivity index (χ1n) is 16.0. The van der Waals surface area contributed by atoms with Crippen LogP contribution in [0.4, 0.5) is 0 Å². The van der Waals surface area contributed by atoms with Crippen molar-refractivity contribution < 1.29 is 18.3 Å². The minimum absolute atomic E-state index is 0.00761. The van der Waals surface area contributed by atoms with E-state index in [1.807, 2.05) is 33.8 Å². The Morgan fingerprint density at radius 1 is 1.00 bits per heavy atom. The highest BCUT2D eigenvalue weighted by atomic mass is 32.2. The number of hydrogen-bond acceptors (Lipinski definition) is 5. The van der Waals surface area contributed by atoms with Crippen molar-refractivity contribution in [3.05, 3.63) is 52.1 Å². The molecular formula is C35H52N2O4S. The molecule has 2 N–H and O–H groups in total. The zero-order valence-corrected chi connectivity index (χ0v) is 28.0. The van der Waals surface area contributed by atoms with E-state index in [0.717, 1.165) is 71.4 Å². The zero-order valence-electron chi connectivity index (χ0n) is 27.2. The third-order valence-electron chi connectivity index (χ3n) is 9.24. The van der Waals surface area contributed by atoms with Gasteiger partial charge in [-0.05, 0) is 98.1 Å². The van der Waals surface area contributed by atoms with Gasteiger partial charge in [-0.25, -0.2) is 4.83 Å². The number of phenolic OH excluding ortho intramolecular Hbond substituents is 1. The lowest BCUT2D eigenvalue weighted by atomic mass is 9.66. The molecule has 0 bridgehead atoms. The summed E-state index contributed by atoms with van der Waals surface area (Å²) in [6.07, 6.45) is 6.38. The first-order valence-corrected chi connectivity index (χ1v) is 17.4. The van der Waals surface area contributed by atoms with Crippen LogP contribution in [0.25, 0.3) is 0 Å². The Morgan fingerprint density at radius 2 is 1.64 bits per heavy atom. The molecule has 0 spiro atoms. The van der Waals surface area contributed by atoms with E-state index >= 15 is 0 Å². The van der Waals surface area contributed by atoms with E-state index in [2.05, 4.69) is 62.8 Å². The second kappa shape index (κ2) is 12.6. The van der Waals surface area contributed by atoms with Gasteiger partial charge in [0.05, 0.1) is 4.90 Å². The Balaban J connectivity index is 1.66. The van der Waals surface area contributed by atoms with Crippen LogP contribution in [0.2, 0.25) is 0 Å². The number of unbranched alkanes of at least 4 members (excludes halogenated alkanes) is 2. The molecule has 2 aromatic rings. The molecule has 1 heterocycles. The van der Waals surface area contributed by atoms with Crippen molar-refractivity contribution in [3.63, 3.8) is 0 Å². The van der Waals surface area contributed by atoms with E-state index < -0.39 is 15.6 Å². The van der Waals surface area contributed by atoms with Crippen LogP contribution < -0.4 is 9.57 Å². The molecule has 0 aromatic heterocycles. The van der Waals surface area contributed by atoms with Crippen LogP contribution in [-0.2, 0) is 16.4 Å². The fourth-order valence-electron chi connectivity index (χ4n) is 6.84. The first kappa shape index (κ1) is 32.4. The molecule has 7 heteroatoms. The number of rotatable bonds is 10. The number of nitrogens with one attached hydrogen (secondary N) is 1. The molecule has 6 nitrogen and oxygen atoms in total. The topological polar surface area (TPSA) is 88.0 Å². The van der Waals surface area contributed by atoms with Gasteiger partial charge in [-0.15, -0.1) is 0 Å². The van der Waals surface area contributed by atoms with Gasteiger partial charge in [0.1, 0.15) is 17.1 Å². The fourth-order valence-corrected chi connectivity index (χ4v) is 8.39. The van der Waals surface area contributed by atoms with Crippen LogP contribution in [0.15, 0.2) is 34.3 Å². The van der Waals surface area contributed by atoms with Crippen molar-refractivity contribution in [2.45, 2.75) is 141 Å². The van der Waals surface area contributed by atoms with Gasteiger partial charge in [-0.2, -0.15) is 13.5 Å². The Hall–Kier alpha value is -2.54. The third-order valence-corrected chi connectivity index (χ3v) is 10.6. The Labute approximate surface area is 254 Å². The maximum absolute atomic E-state index is 13.9. The summed E-state index contributed by atoms with van der Waals surface area (Å²) in [5.41, 5.74) is 5.17. The van der Waals surface area contributed by atoms with Crippen LogP contribution in [0, 0.1) is 5.92 Å². The average Bonchev–Trinajstić information content (AvgIpc) is 2.90. The van der Waals surface area contributed by atoms with E-state index in [1.165, 1.54) is 0 Å². The molecule has 1 aliphatic heterocycles. The minimum atomic E-state index is -3.90. The first-order chi connectivity index (χ1) is 19.7. The summed E-state index contributed by atoms with van der Waals surface area (Å²) >= 11 is 0. The van der Waals surface area contributed by atoms with Crippen LogP contribution in [0.1, 0.15) is 152 Å². The number of benzene rings is 2. The SMILES string of the molecule is CCCCCc1cc(O)c2c(c1)OC(C)(C)[C@H]1CC/C(=N\NS(=O)(=O)c3c(C(C)C)cc(C(C)C)cc3C(C)C)C[C@H]21. The molecule has 0 unspecified atom stereocenters. The zero-order chi connectivity index (χ0) is 31.0. The number of aromatic hydroxyl groups is 1. The molecule has 1 fully saturated rings. The van der Waals surface area contributed by atoms with E-state index in [1.54, 1.807) is 0 Å². The van der Waals surface area contributed by atoms with Crippen molar-refractivity contribution in [1.82, 2.24) is 4.83 Å². The molecular weight excluding hydrogens is 544 g/mol. The maximum atomic E-state index is 13.9. The number of hydrogen-bond donors (Lipinski definition) is 2. The standard InChI is InChI=1S/C35H52N2O4S/c1-10-11-12-13-24-16-31(38)33-29-20-26(14-15-30(29)35(8,9)41-32(33)17-24)36-37-42(39,40)34-27(22(4)5)18-25(21(2)3)19-28(34)23(6)7/h16-19,21-23,29-30,37-38H,10-15,20H2,1-9H3/b36-26+/t29-,30-/m0/s1. The van der Waals surface area contributed by atoms with Crippen LogP contribution in [0.3, 0.4) is 0 Å². The van der Waals surface area contributed by atoms with Gasteiger partial charge >= 0.3 is 0 Å². The third kappa shape index (κ3) is 6.66. The van der Waals surface area contributed by atoms with Gasteiger partial charge in [0.25, 0.3) is 10.0 Å². The lowest BCUT2D eigenvalue weighted by molar-refractivity contribution is 0.00327. The molecule has 1 aliphatic carbocycles. The average molecular weight is 597 g/mol. The molecule has 4 rings (SSSR count). The molecule has 42 heavy (non-hydrogen) atoms. The van der Waals surface area contributed by atoms with Gasteiger partial charge < -0.3 is 9.84 Å². The number of sulfonamides is 1. The summed E-state index contributed by atoms with van der Waals surface area (Å²) in [4.78, 5) is 3.01. The van der Waals surface area contributed by atoms with Gasteiger partial charge in [0.15, 0.2) is 0 Å². The van der Waals surface area contributed by atoms with Crippen molar-refractivity contribution in [2.75, 3.05) is 0 Å². The number of aryl methyl sites for hydroxylation is 1. The summed E-state index contributed by atoms with van der Waals surface area (Å²) in [7, 11) is -3.90. The van der Waals surface area contributed by atoms with Crippen molar-refractivity contribution in [3.8, 4) is 11.5 Å². The number of ether oxygens (including phenoxy) is 1. The highest BCUT2D eigenvalue weighted by molar-refractivity contribution is 7.89. The lowest BCUT2D eigenvalue weighted by Gasteiger charge is -2.47. The number of nitrogens with zero attached hydrogens (tertiary/aromatic N) is 1. The van der Waals surface area contributed by atoms with Crippen molar-refractivity contribution in [2.24, 2.45) is 11.0 Å². The number of fused-ring (bicyclic) bond motifs is 3. The Morgan fingerprint density at radius 3 is 2.21 bits per heavy atom. The predicted molar refractivity (Wildman–Crippen MR) is 173 cm³/mol. The molecule has 2 aliphatic rings. The molecule has 0 saturated heterocycles. The molecule has 2 atom stereocenters. The largest absolute Gasteiger partial charge is 0.508 e. The number of hydrazone groups is 1. The van der Waals surface area contributed by atoms with Crippen molar-refractivity contribution in [1.29, 1.82) is 0 Å². The molecule has 0 radical (unpaired) electrons. The number of phenols is 1. The van der Waals surface area contributed by atoms with E-state index in [0.29, 0.717) is 23.7 Å². The molecule has 2 aromatic carbocycles. The minimum Gasteiger partial charge on any atom is -0.508 e. The van der Waals surface area contributed by atoms with E-state index in [-0.39, 0.29) is 29.4 Å². The van der Waals surface area contributed by atoms with Crippen LogP contribution in [0.5, 0.6) is 11.5 Å². The summed E-state index contributed by atoms with van der Waals surface area (Å²) in [6.45, 7) is 18.9.